The van der Waals surface area contributed by atoms with Gasteiger partial charge in [0.2, 0.25) is 0 Å². The Balaban J connectivity index is 1.62. The number of hydrogen-bond donors (Lipinski definition) is 0. The summed E-state index contributed by atoms with van der Waals surface area (Å²) >= 11 is 5.98. The average molecular weight is 495 g/mol. The van der Waals surface area contributed by atoms with Crippen LogP contribution < -0.4 is 15.2 Å². The minimum atomic E-state index is -0.552. The molecule has 0 saturated carbocycles. The van der Waals surface area contributed by atoms with Crippen LogP contribution in [-0.4, -0.2) is 41.3 Å². The van der Waals surface area contributed by atoms with E-state index in [1.54, 1.807) is 39.3 Å². The predicted octanol–water partition coefficient (Wildman–Crippen LogP) is 4.68. The molecule has 0 radical (unpaired) electrons. The summed E-state index contributed by atoms with van der Waals surface area (Å²) in [6.07, 6.45) is -0.179. The van der Waals surface area contributed by atoms with E-state index in [-0.39, 0.29) is 33.3 Å². The van der Waals surface area contributed by atoms with E-state index in [2.05, 4.69) is 9.88 Å². The first-order chi connectivity index (χ1) is 16.9. The van der Waals surface area contributed by atoms with E-state index in [0.717, 1.165) is 11.3 Å². The number of methoxy groups -OCH3 is 1. The van der Waals surface area contributed by atoms with Crippen LogP contribution in [-0.2, 0) is 11.8 Å². The summed E-state index contributed by atoms with van der Waals surface area (Å²) in [5.41, 5.74) is 1.64. The lowest BCUT2D eigenvalue weighted by atomic mass is 10.1. The lowest BCUT2D eigenvalue weighted by molar-refractivity contribution is 0.0395. The van der Waals surface area contributed by atoms with Crippen LogP contribution in [0, 0.1) is 12.7 Å². The summed E-state index contributed by atoms with van der Waals surface area (Å²) in [5.74, 6) is 1.38. The Bertz CT molecular complexity index is 1470. The molecule has 1 aliphatic heterocycles. The van der Waals surface area contributed by atoms with Crippen molar-refractivity contribution < 1.29 is 13.9 Å². The van der Waals surface area contributed by atoms with Gasteiger partial charge in [0.15, 0.2) is 0 Å². The fourth-order valence-corrected chi connectivity index (χ4v) is 4.46. The van der Waals surface area contributed by atoms with Crippen molar-refractivity contribution in [2.24, 2.45) is 7.05 Å². The molecule has 3 heterocycles. The number of benzene rings is 2. The summed E-state index contributed by atoms with van der Waals surface area (Å²) < 4.78 is 27.7. The smallest absolute Gasteiger partial charge is 0.263 e. The fourth-order valence-electron chi connectivity index (χ4n) is 4.30. The van der Waals surface area contributed by atoms with Gasteiger partial charge in [0, 0.05) is 36.8 Å². The van der Waals surface area contributed by atoms with E-state index in [1.165, 1.54) is 10.6 Å². The molecule has 5 rings (SSSR count). The molecule has 35 heavy (non-hydrogen) atoms. The monoisotopic (exact) mass is 494 g/mol. The molecule has 2 aromatic carbocycles. The van der Waals surface area contributed by atoms with Crippen LogP contribution >= 0.6 is 11.6 Å². The molecule has 0 spiro atoms. The zero-order valence-corrected chi connectivity index (χ0v) is 20.3. The third-order valence-corrected chi connectivity index (χ3v) is 6.57. The first kappa shape index (κ1) is 23.3. The average Bonchev–Trinajstić information content (AvgIpc) is 2.87. The van der Waals surface area contributed by atoms with Crippen molar-refractivity contribution >= 4 is 28.3 Å². The predicted molar refractivity (Wildman–Crippen MR) is 134 cm³/mol. The SMILES string of the molecule is COc1ccc([C@@H]2CN(c3cc4nc(C)n(C)c(=O)c4c(-c4ccc(Cl)cc4F)n3)CCO2)cc1. The van der Waals surface area contributed by atoms with Crippen molar-refractivity contribution in [2.45, 2.75) is 13.0 Å². The zero-order valence-electron chi connectivity index (χ0n) is 19.6. The molecule has 0 N–H and O–H groups in total. The first-order valence-electron chi connectivity index (χ1n) is 11.2. The lowest BCUT2D eigenvalue weighted by Gasteiger charge is -2.34. The second-order valence-electron chi connectivity index (χ2n) is 8.45. The summed E-state index contributed by atoms with van der Waals surface area (Å²) in [5, 5.41) is 0.534. The quantitative estimate of drug-likeness (QED) is 0.410. The highest BCUT2D eigenvalue weighted by Gasteiger charge is 2.26. The highest BCUT2D eigenvalue weighted by molar-refractivity contribution is 6.30. The van der Waals surface area contributed by atoms with E-state index >= 15 is 0 Å². The Morgan fingerprint density at radius 3 is 2.63 bits per heavy atom. The number of fused-ring (bicyclic) bond motifs is 1. The molecular formula is C26H24ClFN4O3. The maximum absolute atomic E-state index is 15.0. The second-order valence-corrected chi connectivity index (χ2v) is 8.89. The Morgan fingerprint density at radius 1 is 1.14 bits per heavy atom. The van der Waals surface area contributed by atoms with Crippen LogP contribution in [0.1, 0.15) is 17.5 Å². The van der Waals surface area contributed by atoms with Crippen LogP contribution in [0.2, 0.25) is 5.02 Å². The molecule has 0 aliphatic carbocycles. The van der Waals surface area contributed by atoms with Crippen LogP contribution in [0.3, 0.4) is 0 Å². The molecule has 0 bridgehead atoms. The van der Waals surface area contributed by atoms with Gasteiger partial charge < -0.3 is 14.4 Å². The van der Waals surface area contributed by atoms with Crippen LogP contribution in [0.4, 0.5) is 10.2 Å². The summed E-state index contributed by atoms with van der Waals surface area (Å²) in [6.45, 7) is 3.39. The van der Waals surface area contributed by atoms with E-state index in [1.807, 2.05) is 24.3 Å². The largest absolute Gasteiger partial charge is 0.497 e. The maximum Gasteiger partial charge on any atom is 0.263 e. The van der Waals surface area contributed by atoms with Gasteiger partial charge in [-0.2, -0.15) is 0 Å². The molecular weight excluding hydrogens is 471 g/mol. The Hall–Kier alpha value is -3.49. The van der Waals surface area contributed by atoms with Crippen molar-refractivity contribution in [1.29, 1.82) is 0 Å². The molecule has 1 aliphatic rings. The number of aryl methyl sites for hydroxylation is 1. The molecule has 4 aromatic rings. The molecule has 0 unspecified atom stereocenters. The van der Waals surface area contributed by atoms with E-state index in [4.69, 9.17) is 26.1 Å². The highest BCUT2D eigenvalue weighted by Crippen LogP contribution is 2.33. The number of anilines is 1. The Labute approximate surface area is 206 Å². The molecule has 7 nitrogen and oxygen atoms in total. The molecule has 9 heteroatoms. The van der Waals surface area contributed by atoms with Gasteiger partial charge in [-0.25, -0.2) is 14.4 Å². The van der Waals surface area contributed by atoms with Gasteiger partial charge >= 0.3 is 0 Å². The number of ether oxygens (including phenoxy) is 2. The summed E-state index contributed by atoms with van der Waals surface area (Å²) in [4.78, 5) is 24.7. The van der Waals surface area contributed by atoms with E-state index in [9.17, 15) is 9.18 Å². The minimum absolute atomic E-state index is 0.179. The number of rotatable bonds is 4. The van der Waals surface area contributed by atoms with Gasteiger partial charge in [-0.1, -0.05) is 23.7 Å². The van der Waals surface area contributed by atoms with Gasteiger partial charge in [-0.3, -0.25) is 9.36 Å². The number of nitrogens with zero attached hydrogens (tertiary/aromatic N) is 4. The Morgan fingerprint density at radius 2 is 1.91 bits per heavy atom. The topological polar surface area (TPSA) is 69.5 Å². The second kappa shape index (κ2) is 9.28. The number of morpholine rings is 1. The van der Waals surface area contributed by atoms with Crippen molar-refractivity contribution in [3.63, 3.8) is 0 Å². The van der Waals surface area contributed by atoms with E-state index < -0.39 is 5.82 Å². The number of pyridine rings is 1. The Kier molecular flexibility index (Phi) is 6.17. The highest BCUT2D eigenvalue weighted by atomic mass is 35.5. The first-order valence-corrected chi connectivity index (χ1v) is 11.6. The van der Waals surface area contributed by atoms with Crippen molar-refractivity contribution in [2.75, 3.05) is 31.7 Å². The fraction of sp³-hybridized carbons (Fsp3) is 0.269. The molecule has 1 fully saturated rings. The van der Waals surface area contributed by atoms with Gasteiger partial charge in [0.25, 0.3) is 5.56 Å². The third-order valence-electron chi connectivity index (χ3n) is 6.34. The van der Waals surface area contributed by atoms with Crippen LogP contribution in [0.25, 0.3) is 22.2 Å². The minimum Gasteiger partial charge on any atom is -0.497 e. The van der Waals surface area contributed by atoms with Crippen LogP contribution in [0.15, 0.2) is 53.3 Å². The summed E-state index contributed by atoms with van der Waals surface area (Å²) in [6, 6.07) is 13.9. The van der Waals surface area contributed by atoms with Gasteiger partial charge in [0.1, 0.15) is 29.3 Å². The molecule has 0 amide bonds. The van der Waals surface area contributed by atoms with Gasteiger partial charge in [-0.05, 0) is 42.8 Å². The maximum atomic E-state index is 15.0. The van der Waals surface area contributed by atoms with Crippen molar-refractivity contribution in [3.05, 3.63) is 81.1 Å². The lowest BCUT2D eigenvalue weighted by Crippen LogP contribution is -2.39. The van der Waals surface area contributed by atoms with Gasteiger partial charge in [0.05, 0.1) is 30.3 Å². The third kappa shape index (κ3) is 4.35. The van der Waals surface area contributed by atoms with Crippen molar-refractivity contribution in [1.82, 2.24) is 14.5 Å². The number of hydrogen-bond acceptors (Lipinski definition) is 6. The molecule has 1 saturated heterocycles. The van der Waals surface area contributed by atoms with Crippen LogP contribution in [0.5, 0.6) is 5.75 Å². The molecule has 180 valence electrons. The molecule has 1 atom stereocenters. The molecule has 2 aromatic heterocycles. The summed E-state index contributed by atoms with van der Waals surface area (Å²) in [7, 11) is 3.27. The number of halogens is 2. The normalized spacial score (nSPS) is 16.0. The standard InChI is InChI=1S/C26H24ClFN4O3/c1-15-29-21-13-23(32-10-11-35-22(14-32)16-4-7-18(34-3)8-5-16)30-25(24(21)26(33)31(15)2)19-9-6-17(27)12-20(19)28/h4-9,12-13,22H,10-11,14H2,1-3H3/t22-/m0/s1. The number of aromatic nitrogens is 3. The van der Waals surface area contributed by atoms with Gasteiger partial charge in [-0.15, -0.1) is 0 Å². The van der Waals surface area contributed by atoms with Crippen molar-refractivity contribution in [3.8, 4) is 17.0 Å². The zero-order chi connectivity index (χ0) is 24.7. The van der Waals surface area contributed by atoms with E-state index in [0.29, 0.717) is 36.9 Å².